The van der Waals surface area contributed by atoms with Gasteiger partial charge in [0.05, 0.1) is 47.8 Å². The molecule has 7 N–H and O–H groups in total. The number of aliphatic hydroxyl groups is 2. The van der Waals surface area contributed by atoms with Crippen molar-refractivity contribution in [3.63, 3.8) is 0 Å². The second-order valence-electron chi connectivity index (χ2n) is 12.2. The van der Waals surface area contributed by atoms with Crippen LogP contribution in [0.4, 0.5) is 0 Å². The monoisotopic (exact) mass is 679 g/mol. The fraction of sp³-hybridized carbons (Fsp3) is 0.353. The Kier molecular flexibility index (Phi) is 8.79. The van der Waals surface area contributed by atoms with Crippen LogP contribution >= 0.6 is 11.6 Å². The first kappa shape index (κ1) is 33.5. The standard InChI is InChI=1S/C34H34ClN3O10/c1-14-28(39)20(36)11-23(47-14)48-22-13-34(45,15(2)37-38-33(44)16-7-9-17(35)10-8-16)12-19-25(22)32(43)27-26(30(19)41)29(40)18-5-4-6-21(46-3)24(18)31(27)42/h4-10,14,20,22-23,28,39,41,43,45H,11-13,36H2,1-3H3,(H,38,44)/b37-15-/t14-,20-,22-,23+,28+,34+/m1/s1. The fourth-order valence-corrected chi connectivity index (χ4v) is 6.70. The van der Waals surface area contributed by atoms with E-state index in [-0.39, 0.29) is 58.5 Å². The van der Waals surface area contributed by atoms with Crippen LogP contribution in [-0.2, 0) is 15.9 Å². The molecule has 0 saturated carbocycles. The number of aromatic hydroxyl groups is 2. The van der Waals surface area contributed by atoms with Gasteiger partial charge in [-0.05, 0) is 44.2 Å². The van der Waals surface area contributed by atoms with Crippen LogP contribution in [0.15, 0.2) is 47.6 Å². The van der Waals surface area contributed by atoms with Crippen molar-refractivity contribution in [2.45, 2.75) is 69.4 Å². The van der Waals surface area contributed by atoms with Crippen LogP contribution in [0.1, 0.15) is 86.1 Å². The van der Waals surface area contributed by atoms with E-state index in [0.29, 0.717) is 5.02 Å². The number of benzene rings is 3. The fourth-order valence-electron chi connectivity index (χ4n) is 6.57. The van der Waals surface area contributed by atoms with Gasteiger partial charge in [0, 0.05) is 52.6 Å². The molecule has 1 fully saturated rings. The number of amides is 1. The van der Waals surface area contributed by atoms with Gasteiger partial charge < -0.3 is 40.4 Å². The smallest absolute Gasteiger partial charge is 0.271 e. The van der Waals surface area contributed by atoms with E-state index in [1.807, 2.05) is 0 Å². The SMILES string of the molecule is COc1cccc2c1C(=O)c1c(O)c3c(c(O)c1C2=O)C[C@@](O)(/C(C)=N\NC(=O)c1ccc(Cl)cc1)C[C@H]3O[C@H]1C[C@@H](N)[C@@H](O)[C@@H](C)O1. The lowest BCUT2D eigenvalue weighted by Crippen LogP contribution is -2.52. The number of carbonyl (C=O) groups excluding carboxylic acids is 3. The van der Waals surface area contributed by atoms with Gasteiger partial charge in [-0.25, -0.2) is 5.43 Å². The summed E-state index contributed by atoms with van der Waals surface area (Å²) in [7, 11) is 1.34. The number of ether oxygens (including phenoxy) is 3. The number of methoxy groups -OCH3 is 1. The van der Waals surface area contributed by atoms with Gasteiger partial charge in [-0.15, -0.1) is 0 Å². The van der Waals surface area contributed by atoms with Gasteiger partial charge in [0.15, 0.2) is 12.1 Å². The van der Waals surface area contributed by atoms with Crippen LogP contribution < -0.4 is 15.9 Å². The molecule has 3 aliphatic rings. The first-order chi connectivity index (χ1) is 22.7. The second-order valence-corrected chi connectivity index (χ2v) is 12.7. The van der Waals surface area contributed by atoms with Crippen LogP contribution in [0, 0.1) is 0 Å². The number of nitrogens with one attached hydrogen (secondary N) is 1. The number of nitrogens with zero attached hydrogens (tertiary/aromatic N) is 1. The van der Waals surface area contributed by atoms with Gasteiger partial charge in [0.25, 0.3) is 5.91 Å². The van der Waals surface area contributed by atoms with E-state index in [0.717, 1.165) is 0 Å². The number of ketones is 2. The van der Waals surface area contributed by atoms with Crippen molar-refractivity contribution in [2.24, 2.45) is 10.8 Å². The van der Waals surface area contributed by atoms with E-state index < -0.39 is 76.3 Å². The van der Waals surface area contributed by atoms with Crippen molar-refractivity contribution < 1.29 is 49.0 Å². The predicted molar refractivity (Wildman–Crippen MR) is 172 cm³/mol. The lowest BCUT2D eigenvalue weighted by Gasteiger charge is -2.42. The number of phenolic OH excluding ortho intramolecular Hbond substituents is 2. The average molecular weight is 680 g/mol. The third-order valence-electron chi connectivity index (χ3n) is 9.25. The number of rotatable bonds is 6. The molecule has 1 amide bonds. The molecule has 2 aliphatic carbocycles. The molecular weight excluding hydrogens is 646 g/mol. The van der Waals surface area contributed by atoms with Crippen LogP contribution in [-0.4, -0.2) is 80.9 Å². The molecule has 1 heterocycles. The highest BCUT2D eigenvalue weighted by molar-refractivity contribution is 6.31. The number of nitrogens with two attached hydrogens (primary N) is 1. The number of hydrogen-bond donors (Lipinski definition) is 6. The molecule has 0 aromatic heterocycles. The average Bonchev–Trinajstić information content (AvgIpc) is 3.06. The largest absolute Gasteiger partial charge is 0.507 e. The van der Waals surface area contributed by atoms with E-state index in [9.17, 15) is 34.8 Å². The minimum Gasteiger partial charge on any atom is -0.507 e. The third kappa shape index (κ3) is 5.62. The maximum absolute atomic E-state index is 13.9. The minimum absolute atomic E-state index is 0.0169. The highest BCUT2D eigenvalue weighted by Gasteiger charge is 2.49. The lowest BCUT2D eigenvalue weighted by molar-refractivity contribution is -0.245. The molecule has 0 spiro atoms. The Hall–Kier alpha value is -4.37. The van der Waals surface area contributed by atoms with E-state index in [1.54, 1.807) is 6.92 Å². The molecule has 0 radical (unpaired) electrons. The number of fused-ring (bicyclic) bond motifs is 3. The normalized spacial score (nSPS) is 26.7. The molecule has 0 bridgehead atoms. The highest BCUT2D eigenvalue weighted by Crippen LogP contribution is 2.52. The maximum Gasteiger partial charge on any atom is 0.271 e. The molecule has 13 nitrogen and oxygen atoms in total. The topological polar surface area (TPSA) is 210 Å². The van der Waals surface area contributed by atoms with Crippen LogP contribution in [0.5, 0.6) is 17.2 Å². The molecule has 14 heteroatoms. The number of phenols is 2. The molecule has 3 aromatic carbocycles. The first-order valence-corrected chi connectivity index (χ1v) is 15.6. The van der Waals surface area contributed by atoms with Crippen LogP contribution in [0.25, 0.3) is 0 Å². The van der Waals surface area contributed by atoms with Gasteiger partial charge in [0.1, 0.15) is 22.8 Å². The Morgan fingerprint density at radius 1 is 1.08 bits per heavy atom. The van der Waals surface area contributed by atoms with Gasteiger partial charge in [0.2, 0.25) is 5.78 Å². The summed E-state index contributed by atoms with van der Waals surface area (Å²) in [4.78, 5) is 40.5. The highest BCUT2D eigenvalue weighted by atomic mass is 35.5. The summed E-state index contributed by atoms with van der Waals surface area (Å²) >= 11 is 5.92. The van der Waals surface area contributed by atoms with Crippen molar-refractivity contribution >= 4 is 34.8 Å². The maximum atomic E-state index is 13.9. The predicted octanol–water partition coefficient (Wildman–Crippen LogP) is 2.90. The third-order valence-corrected chi connectivity index (χ3v) is 9.50. The zero-order valence-electron chi connectivity index (χ0n) is 26.2. The van der Waals surface area contributed by atoms with Gasteiger partial charge in [-0.1, -0.05) is 23.7 Å². The number of aliphatic hydroxyl groups excluding tert-OH is 1. The molecule has 0 unspecified atom stereocenters. The number of hydrazone groups is 1. The summed E-state index contributed by atoms with van der Waals surface area (Å²) in [6.07, 6.45) is -4.60. The van der Waals surface area contributed by atoms with E-state index in [1.165, 1.54) is 56.5 Å². The van der Waals surface area contributed by atoms with Gasteiger partial charge in [-0.3, -0.25) is 14.4 Å². The number of hydrogen-bond acceptors (Lipinski definition) is 12. The Labute approximate surface area is 279 Å². The Balaban J connectivity index is 1.44. The lowest BCUT2D eigenvalue weighted by atomic mass is 9.71. The van der Waals surface area contributed by atoms with Crippen molar-refractivity contribution in [1.82, 2.24) is 5.43 Å². The zero-order chi connectivity index (χ0) is 34.7. The van der Waals surface area contributed by atoms with Crippen molar-refractivity contribution in [2.75, 3.05) is 7.11 Å². The van der Waals surface area contributed by atoms with E-state index >= 15 is 0 Å². The van der Waals surface area contributed by atoms with Crippen molar-refractivity contribution in [1.29, 1.82) is 0 Å². The Bertz CT molecular complexity index is 1850. The van der Waals surface area contributed by atoms with Crippen molar-refractivity contribution in [3.8, 4) is 17.2 Å². The summed E-state index contributed by atoms with van der Waals surface area (Å²) in [5, 5.41) is 50.4. The van der Waals surface area contributed by atoms with E-state index in [4.69, 9.17) is 31.5 Å². The van der Waals surface area contributed by atoms with Gasteiger partial charge >= 0.3 is 0 Å². The van der Waals surface area contributed by atoms with Crippen molar-refractivity contribution in [3.05, 3.63) is 86.4 Å². The van der Waals surface area contributed by atoms with E-state index in [2.05, 4.69) is 10.5 Å². The molecular formula is C34H34ClN3O10. The quantitative estimate of drug-likeness (QED) is 0.0991. The number of halogens is 1. The second kappa shape index (κ2) is 12.6. The molecule has 1 aliphatic heterocycles. The molecule has 252 valence electrons. The summed E-state index contributed by atoms with van der Waals surface area (Å²) in [5.74, 6) is -3.19. The minimum atomic E-state index is -1.91. The summed E-state index contributed by atoms with van der Waals surface area (Å²) in [6.45, 7) is 3.07. The first-order valence-electron chi connectivity index (χ1n) is 15.2. The van der Waals surface area contributed by atoms with Crippen LogP contribution in [0.2, 0.25) is 5.02 Å². The van der Waals surface area contributed by atoms with Gasteiger partial charge in [-0.2, -0.15) is 5.10 Å². The van der Waals surface area contributed by atoms with Crippen LogP contribution in [0.3, 0.4) is 0 Å². The molecule has 48 heavy (non-hydrogen) atoms. The molecule has 6 rings (SSSR count). The Morgan fingerprint density at radius 3 is 2.44 bits per heavy atom. The molecule has 6 atom stereocenters. The summed E-state index contributed by atoms with van der Waals surface area (Å²) in [6, 6.07) is 9.80. The number of carbonyl (C=O) groups is 3. The summed E-state index contributed by atoms with van der Waals surface area (Å²) in [5.41, 5.74) is 5.83. The molecule has 3 aromatic rings. The Morgan fingerprint density at radius 2 is 1.77 bits per heavy atom. The molecule has 1 saturated heterocycles. The zero-order valence-corrected chi connectivity index (χ0v) is 26.9. The summed E-state index contributed by atoms with van der Waals surface area (Å²) < 4.78 is 17.5.